The second-order valence-electron chi connectivity index (χ2n) is 3.83. The standard InChI is InChI=1S/C13H16N2O2/c1-11(16)12-5-2-3-6-13(12)17-10-9-15-8-4-7-14-15/h2-8,11,16H,9-10H2,1H3/t11-/m0/s1. The van der Waals surface area contributed by atoms with Gasteiger partial charge in [-0.25, -0.2) is 0 Å². The van der Waals surface area contributed by atoms with Crippen molar-refractivity contribution in [2.24, 2.45) is 0 Å². The van der Waals surface area contributed by atoms with Crippen LogP contribution >= 0.6 is 0 Å². The van der Waals surface area contributed by atoms with Crippen molar-refractivity contribution < 1.29 is 9.84 Å². The molecule has 4 heteroatoms. The van der Waals surface area contributed by atoms with Crippen LogP contribution in [-0.2, 0) is 6.54 Å². The van der Waals surface area contributed by atoms with Crippen LogP contribution in [0.15, 0.2) is 42.7 Å². The molecule has 2 aromatic rings. The lowest BCUT2D eigenvalue weighted by Gasteiger charge is -2.13. The van der Waals surface area contributed by atoms with Crippen LogP contribution in [0.5, 0.6) is 5.75 Å². The molecule has 1 N–H and O–H groups in total. The Morgan fingerprint density at radius 2 is 2.18 bits per heavy atom. The summed E-state index contributed by atoms with van der Waals surface area (Å²) in [5.41, 5.74) is 0.813. The number of ether oxygens (including phenoxy) is 1. The lowest BCUT2D eigenvalue weighted by molar-refractivity contribution is 0.190. The monoisotopic (exact) mass is 232 g/mol. The molecule has 0 unspecified atom stereocenters. The van der Waals surface area contributed by atoms with Crippen molar-refractivity contribution in [2.75, 3.05) is 6.61 Å². The number of benzene rings is 1. The first-order valence-electron chi connectivity index (χ1n) is 5.64. The van der Waals surface area contributed by atoms with Crippen LogP contribution in [0.4, 0.5) is 0 Å². The van der Waals surface area contributed by atoms with Gasteiger partial charge >= 0.3 is 0 Å². The van der Waals surface area contributed by atoms with E-state index in [9.17, 15) is 5.11 Å². The van der Waals surface area contributed by atoms with E-state index in [1.165, 1.54) is 0 Å². The van der Waals surface area contributed by atoms with E-state index in [1.807, 2.05) is 41.2 Å². The Balaban J connectivity index is 1.94. The van der Waals surface area contributed by atoms with E-state index >= 15 is 0 Å². The van der Waals surface area contributed by atoms with Gasteiger partial charge in [-0.2, -0.15) is 5.10 Å². The molecule has 0 spiro atoms. The maximum atomic E-state index is 9.59. The van der Waals surface area contributed by atoms with Crippen molar-refractivity contribution >= 4 is 0 Å². The van der Waals surface area contributed by atoms with Crippen LogP contribution in [-0.4, -0.2) is 21.5 Å². The van der Waals surface area contributed by atoms with Gasteiger partial charge in [0.2, 0.25) is 0 Å². The zero-order valence-electron chi connectivity index (χ0n) is 9.78. The van der Waals surface area contributed by atoms with Gasteiger partial charge in [-0.1, -0.05) is 18.2 Å². The summed E-state index contributed by atoms with van der Waals surface area (Å²) in [5, 5.41) is 13.7. The average Bonchev–Trinajstić information content (AvgIpc) is 2.82. The molecule has 0 aliphatic carbocycles. The first kappa shape index (κ1) is 11.7. The molecular weight excluding hydrogens is 216 g/mol. The number of nitrogens with zero attached hydrogens (tertiary/aromatic N) is 2. The second-order valence-corrected chi connectivity index (χ2v) is 3.83. The lowest BCUT2D eigenvalue weighted by atomic mass is 10.1. The van der Waals surface area contributed by atoms with E-state index in [4.69, 9.17) is 4.74 Å². The van der Waals surface area contributed by atoms with Crippen molar-refractivity contribution in [3.63, 3.8) is 0 Å². The minimum absolute atomic E-state index is 0.518. The molecule has 0 aliphatic rings. The van der Waals surface area contributed by atoms with Crippen LogP contribution in [0, 0.1) is 0 Å². The number of hydrogen-bond acceptors (Lipinski definition) is 3. The average molecular weight is 232 g/mol. The number of hydrogen-bond donors (Lipinski definition) is 1. The normalized spacial score (nSPS) is 12.4. The van der Waals surface area contributed by atoms with Crippen molar-refractivity contribution in [3.05, 3.63) is 48.3 Å². The van der Waals surface area contributed by atoms with E-state index in [0.717, 1.165) is 11.3 Å². The second kappa shape index (κ2) is 5.50. The van der Waals surface area contributed by atoms with Gasteiger partial charge in [0.05, 0.1) is 12.6 Å². The molecule has 0 radical (unpaired) electrons. The molecule has 0 amide bonds. The van der Waals surface area contributed by atoms with E-state index in [2.05, 4.69) is 5.10 Å². The first-order valence-corrected chi connectivity index (χ1v) is 5.64. The van der Waals surface area contributed by atoms with Crippen molar-refractivity contribution in [2.45, 2.75) is 19.6 Å². The summed E-state index contributed by atoms with van der Waals surface area (Å²) in [6.45, 7) is 2.96. The van der Waals surface area contributed by atoms with Crippen molar-refractivity contribution in [1.29, 1.82) is 0 Å². The summed E-state index contributed by atoms with van der Waals surface area (Å²) in [7, 11) is 0. The third-order valence-electron chi connectivity index (χ3n) is 2.51. The van der Waals surface area contributed by atoms with Gasteiger partial charge in [-0.05, 0) is 19.1 Å². The van der Waals surface area contributed by atoms with Crippen molar-refractivity contribution in [1.82, 2.24) is 9.78 Å². The summed E-state index contributed by atoms with van der Waals surface area (Å²) in [6, 6.07) is 9.40. The molecule has 17 heavy (non-hydrogen) atoms. The quantitative estimate of drug-likeness (QED) is 0.857. The summed E-state index contributed by atoms with van der Waals surface area (Å²) < 4.78 is 7.46. The molecule has 1 aromatic heterocycles. The third kappa shape index (κ3) is 3.07. The Hall–Kier alpha value is -1.81. The topological polar surface area (TPSA) is 47.3 Å². The highest BCUT2D eigenvalue weighted by molar-refractivity contribution is 5.34. The van der Waals surface area contributed by atoms with Gasteiger partial charge in [-0.15, -0.1) is 0 Å². The minimum atomic E-state index is -0.518. The van der Waals surface area contributed by atoms with Gasteiger partial charge in [0, 0.05) is 18.0 Å². The molecule has 1 aromatic carbocycles. The lowest BCUT2D eigenvalue weighted by Crippen LogP contribution is -2.09. The Morgan fingerprint density at radius 3 is 2.88 bits per heavy atom. The van der Waals surface area contributed by atoms with Gasteiger partial charge < -0.3 is 9.84 Å². The number of aliphatic hydroxyl groups excluding tert-OH is 1. The van der Waals surface area contributed by atoms with Crippen LogP contribution in [0.3, 0.4) is 0 Å². The van der Waals surface area contributed by atoms with Crippen LogP contribution in [0.2, 0.25) is 0 Å². The summed E-state index contributed by atoms with van der Waals surface area (Å²) >= 11 is 0. The van der Waals surface area contributed by atoms with Gasteiger partial charge in [-0.3, -0.25) is 4.68 Å². The van der Waals surface area contributed by atoms with Gasteiger partial charge in [0.1, 0.15) is 12.4 Å². The van der Waals surface area contributed by atoms with E-state index < -0.39 is 6.10 Å². The fraction of sp³-hybridized carbons (Fsp3) is 0.308. The summed E-state index contributed by atoms with van der Waals surface area (Å²) in [5.74, 6) is 0.731. The summed E-state index contributed by atoms with van der Waals surface area (Å²) in [4.78, 5) is 0. The summed E-state index contributed by atoms with van der Waals surface area (Å²) in [6.07, 6.45) is 3.11. The van der Waals surface area contributed by atoms with Gasteiger partial charge in [0.15, 0.2) is 0 Å². The molecule has 0 bridgehead atoms. The predicted octanol–water partition coefficient (Wildman–Crippen LogP) is 2.02. The highest BCUT2D eigenvalue weighted by Gasteiger charge is 2.07. The fourth-order valence-corrected chi connectivity index (χ4v) is 1.64. The van der Waals surface area contributed by atoms with E-state index in [-0.39, 0.29) is 0 Å². The Labute approximate surface area is 100 Å². The number of aromatic nitrogens is 2. The number of para-hydroxylation sites is 1. The Kier molecular flexibility index (Phi) is 3.77. The molecule has 0 saturated carbocycles. The molecular formula is C13H16N2O2. The minimum Gasteiger partial charge on any atom is -0.491 e. The molecule has 0 aliphatic heterocycles. The van der Waals surface area contributed by atoms with E-state index in [1.54, 1.807) is 13.1 Å². The molecule has 90 valence electrons. The highest BCUT2D eigenvalue weighted by Crippen LogP contribution is 2.24. The third-order valence-corrected chi connectivity index (χ3v) is 2.51. The predicted molar refractivity (Wildman–Crippen MR) is 64.8 cm³/mol. The maximum Gasteiger partial charge on any atom is 0.125 e. The van der Waals surface area contributed by atoms with E-state index in [0.29, 0.717) is 13.2 Å². The molecule has 2 rings (SSSR count). The molecule has 0 saturated heterocycles. The van der Waals surface area contributed by atoms with Gasteiger partial charge in [0.25, 0.3) is 0 Å². The smallest absolute Gasteiger partial charge is 0.125 e. The number of aliphatic hydroxyl groups is 1. The number of rotatable bonds is 5. The largest absolute Gasteiger partial charge is 0.491 e. The SMILES string of the molecule is C[C@H](O)c1ccccc1OCCn1cccn1. The van der Waals surface area contributed by atoms with Crippen LogP contribution < -0.4 is 4.74 Å². The molecule has 4 nitrogen and oxygen atoms in total. The van der Waals surface area contributed by atoms with Crippen LogP contribution in [0.25, 0.3) is 0 Å². The molecule has 0 fully saturated rings. The Morgan fingerprint density at radius 1 is 1.35 bits per heavy atom. The van der Waals surface area contributed by atoms with Crippen molar-refractivity contribution in [3.8, 4) is 5.75 Å². The fourth-order valence-electron chi connectivity index (χ4n) is 1.64. The molecule has 1 heterocycles. The Bertz CT molecular complexity index is 452. The van der Waals surface area contributed by atoms with Crippen LogP contribution in [0.1, 0.15) is 18.6 Å². The first-order chi connectivity index (χ1) is 8.27. The zero-order chi connectivity index (χ0) is 12.1. The zero-order valence-corrected chi connectivity index (χ0v) is 9.78. The molecule has 1 atom stereocenters. The highest BCUT2D eigenvalue weighted by atomic mass is 16.5. The maximum absolute atomic E-state index is 9.59.